The van der Waals surface area contributed by atoms with Gasteiger partial charge in [0, 0.05) is 25.4 Å². The first-order chi connectivity index (χ1) is 6.18. The summed E-state index contributed by atoms with van der Waals surface area (Å²) in [4.78, 5) is 23.4. The van der Waals surface area contributed by atoms with Crippen LogP contribution in [0.3, 0.4) is 0 Å². The first-order valence-electron chi connectivity index (χ1n) is 4.69. The van der Waals surface area contributed by atoms with Crippen molar-refractivity contribution in [3.63, 3.8) is 0 Å². The number of piperidine rings is 1. The average Bonchev–Trinajstić information content (AvgIpc) is 2.47. The molecule has 0 unspecified atom stereocenters. The van der Waals surface area contributed by atoms with E-state index in [2.05, 4.69) is 0 Å². The standard InChI is InChI=1S/C9H13NO3/c11-8-2-1-6-3-4-10(9(12)13)5-7(6)8/h6-7H,1-5H2,(H,12,13)/t6-,7-/m1/s1. The Bertz CT molecular complexity index is 251. The fourth-order valence-corrected chi connectivity index (χ4v) is 2.40. The van der Waals surface area contributed by atoms with Crippen LogP contribution in [0.5, 0.6) is 0 Å². The van der Waals surface area contributed by atoms with Crippen molar-refractivity contribution in [3.05, 3.63) is 0 Å². The highest BCUT2D eigenvalue weighted by atomic mass is 16.4. The molecule has 72 valence electrons. The third kappa shape index (κ3) is 1.41. The predicted molar refractivity (Wildman–Crippen MR) is 45.4 cm³/mol. The van der Waals surface area contributed by atoms with Crippen molar-refractivity contribution in [3.8, 4) is 0 Å². The van der Waals surface area contributed by atoms with Gasteiger partial charge in [-0.3, -0.25) is 4.79 Å². The number of fused-ring (bicyclic) bond motifs is 1. The second-order valence-corrected chi connectivity index (χ2v) is 3.89. The van der Waals surface area contributed by atoms with Crippen LogP contribution in [-0.2, 0) is 4.79 Å². The van der Waals surface area contributed by atoms with Gasteiger partial charge < -0.3 is 10.0 Å². The number of Topliss-reactive ketones (excluding diaryl/α,β-unsaturated/α-hetero) is 1. The molecule has 1 saturated heterocycles. The molecule has 0 spiro atoms. The lowest BCUT2D eigenvalue weighted by atomic mass is 9.88. The molecule has 4 nitrogen and oxygen atoms in total. The monoisotopic (exact) mass is 183 g/mol. The Morgan fingerprint density at radius 2 is 2.23 bits per heavy atom. The molecule has 2 fully saturated rings. The average molecular weight is 183 g/mol. The Kier molecular flexibility index (Phi) is 1.98. The van der Waals surface area contributed by atoms with Crippen LogP contribution in [0.15, 0.2) is 0 Å². The van der Waals surface area contributed by atoms with Gasteiger partial charge in [0.15, 0.2) is 0 Å². The number of carboxylic acid groups (broad SMARTS) is 1. The van der Waals surface area contributed by atoms with Crippen LogP contribution in [0.1, 0.15) is 19.3 Å². The zero-order valence-corrected chi connectivity index (χ0v) is 7.40. The number of rotatable bonds is 0. The van der Waals surface area contributed by atoms with Crippen molar-refractivity contribution < 1.29 is 14.7 Å². The van der Waals surface area contributed by atoms with Gasteiger partial charge in [-0.05, 0) is 18.8 Å². The third-order valence-electron chi connectivity index (χ3n) is 3.20. The van der Waals surface area contributed by atoms with E-state index < -0.39 is 6.09 Å². The van der Waals surface area contributed by atoms with E-state index in [9.17, 15) is 9.59 Å². The molecule has 2 atom stereocenters. The van der Waals surface area contributed by atoms with E-state index in [1.807, 2.05) is 0 Å². The van der Waals surface area contributed by atoms with Crippen molar-refractivity contribution in [1.82, 2.24) is 4.90 Å². The summed E-state index contributed by atoms with van der Waals surface area (Å²) in [7, 11) is 0. The fourth-order valence-electron chi connectivity index (χ4n) is 2.40. The number of carbonyl (C=O) groups is 2. The zero-order valence-electron chi connectivity index (χ0n) is 7.40. The molecule has 1 saturated carbocycles. The minimum atomic E-state index is -0.891. The normalized spacial score (nSPS) is 33.2. The fraction of sp³-hybridized carbons (Fsp3) is 0.778. The second kappa shape index (κ2) is 3.01. The Balaban J connectivity index is 2.05. The zero-order chi connectivity index (χ0) is 9.42. The Labute approximate surface area is 76.5 Å². The molecule has 2 aliphatic rings. The summed E-state index contributed by atoms with van der Waals surface area (Å²) in [6.07, 6.45) is 1.60. The first kappa shape index (κ1) is 8.53. The third-order valence-corrected chi connectivity index (χ3v) is 3.20. The molecule has 0 aromatic rings. The van der Waals surface area contributed by atoms with Gasteiger partial charge in [0.05, 0.1) is 0 Å². The smallest absolute Gasteiger partial charge is 0.407 e. The molecule has 0 aromatic heterocycles. The second-order valence-electron chi connectivity index (χ2n) is 3.89. The summed E-state index contributed by atoms with van der Waals surface area (Å²) >= 11 is 0. The van der Waals surface area contributed by atoms with Crippen molar-refractivity contribution in [2.45, 2.75) is 19.3 Å². The van der Waals surface area contributed by atoms with Gasteiger partial charge in [0.25, 0.3) is 0 Å². The number of hydrogen-bond acceptors (Lipinski definition) is 2. The van der Waals surface area contributed by atoms with Crippen LogP contribution in [0.25, 0.3) is 0 Å². The Hall–Kier alpha value is -1.06. The SMILES string of the molecule is O=C1CC[C@@H]2CCN(C(=O)O)C[C@@H]12. The molecule has 0 radical (unpaired) electrons. The molecule has 1 heterocycles. The molecular formula is C9H13NO3. The number of amides is 1. The molecule has 1 aliphatic heterocycles. The van der Waals surface area contributed by atoms with Crippen LogP contribution < -0.4 is 0 Å². The van der Waals surface area contributed by atoms with E-state index in [1.165, 1.54) is 4.90 Å². The van der Waals surface area contributed by atoms with E-state index in [1.54, 1.807) is 0 Å². The molecule has 13 heavy (non-hydrogen) atoms. The van der Waals surface area contributed by atoms with E-state index >= 15 is 0 Å². The molecule has 1 amide bonds. The quantitative estimate of drug-likeness (QED) is 0.608. The summed E-state index contributed by atoms with van der Waals surface area (Å²) in [6.45, 7) is 1.03. The largest absolute Gasteiger partial charge is 0.465 e. The van der Waals surface area contributed by atoms with Crippen LogP contribution in [0.2, 0.25) is 0 Å². The van der Waals surface area contributed by atoms with E-state index in [4.69, 9.17) is 5.11 Å². The van der Waals surface area contributed by atoms with Gasteiger partial charge in [-0.1, -0.05) is 0 Å². The molecule has 1 aliphatic carbocycles. The van der Waals surface area contributed by atoms with Gasteiger partial charge in [-0.15, -0.1) is 0 Å². The molecule has 4 heteroatoms. The Morgan fingerprint density at radius 1 is 1.46 bits per heavy atom. The van der Waals surface area contributed by atoms with Gasteiger partial charge in [0.1, 0.15) is 5.78 Å². The van der Waals surface area contributed by atoms with Crippen LogP contribution in [0.4, 0.5) is 4.79 Å². The predicted octanol–water partition coefficient (Wildman–Crippen LogP) is 0.965. The number of likely N-dealkylation sites (tertiary alicyclic amines) is 1. The maximum absolute atomic E-state index is 11.4. The molecule has 0 aromatic carbocycles. The first-order valence-corrected chi connectivity index (χ1v) is 4.69. The minimum absolute atomic E-state index is 0.00449. The molecule has 2 rings (SSSR count). The Morgan fingerprint density at radius 3 is 2.92 bits per heavy atom. The van der Waals surface area contributed by atoms with E-state index in [0.717, 1.165) is 12.8 Å². The maximum atomic E-state index is 11.4. The number of carbonyl (C=O) groups excluding carboxylic acids is 1. The van der Waals surface area contributed by atoms with Gasteiger partial charge in [-0.2, -0.15) is 0 Å². The van der Waals surface area contributed by atoms with E-state index in [0.29, 0.717) is 25.4 Å². The lowest BCUT2D eigenvalue weighted by Gasteiger charge is -2.32. The van der Waals surface area contributed by atoms with Crippen molar-refractivity contribution in [2.24, 2.45) is 11.8 Å². The highest BCUT2D eigenvalue weighted by Crippen LogP contribution is 2.35. The number of hydrogen-bond donors (Lipinski definition) is 1. The number of nitrogens with zero attached hydrogens (tertiary/aromatic N) is 1. The summed E-state index contributed by atoms with van der Waals surface area (Å²) in [6, 6.07) is 0. The van der Waals surface area contributed by atoms with Crippen LogP contribution in [0, 0.1) is 11.8 Å². The summed E-state index contributed by atoms with van der Waals surface area (Å²) in [5.74, 6) is 0.726. The highest BCUT2D eigenvalue weighted by Gasteiger charge is 2.39. The number of ketones is 1. The van der Waals surface area contributed by atoms with Crippen molar-refractivity contribution in [1.29, 1.82) is 0 Å². The summed E-state index contributed by atoms with van der Waals surface area (Å²) in [5, 5.41) is 8.76. The van der Waals surface area contributed by atoms with Gasteiger partial charge in [0.2, 0.25) is 0 Å². The van der Waals surface area contributed by atoms with Crippen LogP contribution in [-0.4, -0.2) is 35.0 Å². The summed E-state index contributed by atoms with van der Waals surface area (Å²) in [5.41, 5.74) is 0. The lowest BCUT2D eigenvalue weighted by Crippen LogP contribution is -2.43. The topological polar surface area (TPSA) is 57.6 Å². The highest BCUT2D eigenvalue weighted by molar-refractivity contribution is 5.84. The molecular weight excluding hydrogens is 170 g/mol. The van der Waals surface area contributed by atoms with Gasteiger partial charge >= 0.3 is 6.09 Å². The summed E-state index contributed by atoms with van der Waals surface area (Å²) < 4.78 is 0. The van der Waals surface area contributed by atoms with Gasteiger partial charge in [-0.25, -0.2) is 4.79 Å². The molecule has 0 bridgehead atoms. The lowest BCUT2D eigenvalue weighted by molar-refractivity contribution is -0.122. The van der Waals surface area contributed by atoms with Crippen molar-refractivity contribution in [2.75, 3.05) is 13.1 Å². The van der Waals surface area contributed by atoms with E-state index in [-0.39, 0.29) is 11.7 Å². The maximum Gasteiger partial charge on any atom is 0.407 e. The van der Waals surface area contributed by atoms with Crippen LogP contribution >= 0.6 is 0 Å². The molecule has 1 N–H and O–H groups in total. The minimum Gasteiger partial charge on any atom is -0.465 e. The van der Waals surface area contributed by atoms with Crippen molar-refractivity contribution >= 4 is 11.9 Å².